The fourth-order valence-corrected chi connectivity index (χ4v) is 3.60. The molecular formula is C18H19N5O2S2. The van der Waals surface area contributed by atoms with Crippen LogP contribution in [0, 0.1) is 0 Å². The Hall–Kier alpha value is -2.65. The van der Waals surface area contributed by atoms with Gasteiger partial charge in [-0.15, -0.1) is 28.1 Å². The van der Waals surface area contributed by atoms with Gasteiger partial charge in [0.1, 0.15) is 12.4 Å². The summed E-state index contributed by atoms with van der Waals surface area (Å²) in [6.45, 7) is 6.42. The van der Waals surface area contributed by atoms with Gasteiger partial charge in [0.15, 0.2) is 16.1 Å². The highest BCUT2D eigenvalue weighted by Crippen LogP contribution is 2.24. The number of carbonyl (C=O) groups is 1. The molecule has 140 valence electrons. The molecule has 3 rings (SSSR count). The van der Waals surface area contributed by atoms with Gasteiger partial charge in [0, 0.05) is 18.1 Å². The standard InChI is InChI=1S/C18H19N5O2S2/c1-3-10-23-15(12-25-14-7-5-4-6-8-14)21-22-18(23)27-13(2)16(24)20-17-19-9-11-26-17/h3-9,11,13H,1,10,12H2,2H3,(H,19,20,24)/t13-/m0/s1. The molecule has 0 saturated carbocycles. The molecule has 1 N–H and O–H groups in total. The molecule has 1 amide bonds. The number of nitrogens with one attached hydrogen (secondary N) is 1. The molecule has 2 aromatic heterocycles. The van der Waals surface area contributed by atoms with Crippen LogP contribution in [-0.4, -0.2) is 30.9 Å². The van der Waals surface area contributed by atoms with Crippen LogP contribution in [0.4, 0.5) is 5.13 Å². The average molecular weight is 402 g/mol. The SMILES string of the molecule is C=CCn1c(COc2ccccc2)nnc1S[C@@H](C)C(=O)Nc1nccs1. The lowest BCUT2D eigenvalue weighted by Gasteiger charge is -2.12. The largest absolute Gasteiger partial charge is 0.486 e. The van der Waals surface area contributed by atoms with Crippen molar-refractivity contribution in [1.82, 2.24) is 19.7 Å². The lowest BCUT2D eigenvalue weighted by Crippen LogP contribution is -2.23. The molecular weight excluding hydrogens is 382 g/mol. The zero-order valence-corrected chi connectivity index (χ0v) is 16.4. The number of ether oxygens (including phenoxy) is 1. The number of amides is 1. The van der Waals surface area contributed by atoms with Crippen LogP contribution in [0.2, 0.25) is 0 Å². The van der Waals surface area contributed by atoms with E-state index in [0.717, 1.165) is 5.75 Å². The predicted octanol–water partition coefficient (Wildman–Crippen LogP) is 3.62. The van der Waals surface area contributed by atoms with E-state index in [0.29, 0.717) is 22.7 Å². The maximum Gasteiger partial charge on any atom is 0.239 e. The van der Waals surface area contributed by atoms with Crippen molar-refractivity contribution in [1.29, 1.82) is 0 Å². The Morgan fingerprint density at radius 2 is 2.22 bits per heavy atom. The zero-order valence-electron chi connectivity index (χ0n) is 14.7. The number of para-hydroxylation sites is 1. The third kappa shape index (κ3) is 5.18. The van der Waals surface area contributed by atoms with Crippen LogP contribution in [0.15, 0.2) is 59.7 Å². The normalized spacial score (nSPS) is 11.7. The Kier molecular flexibility index (Phi) is 6.61. The fraction of sp³-hybridized carbons (Fsp3) is 0.222. The van der Waals surface area contributed by atoms with E-state index in [-0.39, 0.29) is 17.8 Å². The zero-order chi connectivity index (χ0) is 19.1. The van der Waals surface area contributed by atoms with Crippen LogP contribution in [0.3, 0.4) is 0 Å². The molecule has 0 bridgehead atoms. The smallest absolute Gasteiger partial charge is 0.239 e. The van der Waals surface area contributed by atoms with Gasteiger partial charge in [-0.3, -0.25) is 9.36 Å². The van der Waals surface area contributed by atoms with Gasteiger partial charge in [0.05, 0.1) is 5.25 Å². The first-order valence-electron chi connectivity index (χ1n) is 8.25. The van der Waals surface area contributed by atoms with Crippen molar-refractivity contribution >= 4 is 34.1 Å². The molecule has 0 aliphatic heterocycles. The minimum atomic E-state index is -0.357. The number of thioether (sulfide) groups is 1. The first-order chi connectivity index (χ1) is 13.2. The van der Waals surface area contributed by atoms with Gasteiger partial charge in [-0.25, -0.2) is 4.98 Å². The summed E-state index contributed by atoms with van der Waals surface area (Å²) in [7, 11) is 0. The molecule has 3 aromatic rings. The fourth-order valence-electron chi connectivity index (χ4n) is 2.19. The topological polar surface area (TPSA) is 81.9 Å². The van der Waals surface area contributed by atoms with Crippen molar-refractivity contribution in [2.24, 2.45) is 0 Å². The number of allylic oxidation sites excluding steroid dienone is 1. The maximum atomic E-state index is 12.3. The van der Waals surface area contributed by atoms with Crippen molar-refractivity contribution in [3.63, 3.8) is 0 Å². The van der Waals surface area contributed by atoms with Gasteiger partial charge in [0.2, 0.25) is 5.91 Å². The molecule has 0 spiro atoms. The number of nitrogens with zero attached hydrogens (tertiary/aromatic N) is 4. The van der Waals surface area contributed by atoms with Crippen LogP contribution < -0.4 is 10.1 Å². The van der Waals surface area contributed by atoms with Gasteiger partial charge < -0.3 is 10.1 Å². The Morgan fingerprint density at radius 3 is 2.93 bits per heavy atom. The molecule has 1 aromatic carbocycles. The van der Waals surface area contributed by atoms with E-state index in [1.807, 2.05) is 47.2 Å². The second-order valence-electron chi connectivity index (χ2n) is 5.49. The first kappa shape index (κ1) is 19.1. The molecule has 0 unspecified atom stereocenters. The number of benzene rings is 1. The number of carbonyl (C=O) groups excluding carboxylic acids is 1. The number of hydrogen-bond acceptors (Lipinski definition) is 7. The number of thiazole rings is 1. The van der Waals surface area contributed by atoms with Crippen molar-refractivity contribution in [3.05, 3.63) is 60.4 Å². The Labute approximate surface area is 165 Å². The summed E-state index contributed by atoms with van der Waals surface area (Å²) in [5, 5.41) is 13.9. The van der Waals surface area contributed by atoms with E-state index >= 15 is 0 Å². The molecule has 27 heavy (non-hydrogen) atoms. The summed E-state index contributed by atoms with van der Waals surface area (Å²) in [6.07, 6.45) is 3.41. The monoisotopic (exact) mass is 401 g/mol. The molecule has 1 atom stereocenters. The van der Waals surface area contributed by atoms with Crippen molar-refractivity contribution in [2.45, 2.75) is 30.5 Å². The minimum absolute atomic E-state index is 0.134. The number of hydrogen-bond donors (Lipinski definition) is 1. The second kappa shape index (κ2) is 9.33. The van der Waals surface area contributed by atoms with Crippen LogP contribution >= 0.6 is 23.1 Å². The van der Waals surface area contributed by atoms with Crippen molar-refractivity contribution in [2.75, 3.05) is 5.32 Å². The Balaban J connectivity index is 1.66. The van der Waals surface area contributed by atoms with Gasteiger partial charge >= 0.3 is 0 Å². The lowest BCUT2D eigenvalue weighted by molar-refractivity contribution is -0.115. The molecule has 2 heterocycles. The van der Waals surface area contributed by atoms with E-state index < -0.39 is 0 Å². The molecule has 9 heteroatoms. The quantitative estimate of drug-likeness (QED) is 0.436. The van der Waals surface area contributed by atoms with Crippen molar-refractivity contribution < 1.29 is 9.53 Å². The Morgan fingerprint density at radius 1 is 1.41 bits per heavy atom. The highest BCUT2D eigenvalue weighted by atomic mass is 32.2. The van der Waals surface area contributed by atoms with Crippen molar-refractivity contribution in [3.8, 4) is 5.75 Å². The molecule has 0 saturated heterocycles. The van der Waals surface area contributed by atoms with Gasteiger partial charge in [-0.05, 0) is 19.1 Å². The summed E-state index contributed by atoms with van der Waals surface area (Å²) in [5.74, 6) is 1.30. The first-order valence-corrected chi connectivity index (χ1v) is 10.0. The number of rotatable bonds is 9. The third-order valence-electron chi connectivity index (χ3n) is 3.53. The maximum absolute atomic E-state index is 12.3. The van der Waals surface area contributed by atoms with Gasteiger partial charge in [0.25, 0.3) is 0 Å². The molecule has 0 aliphatic carbocycles. The number of aromatic nitrogens is 4. The van der Waals surface area contributed by atoms with E-state index in [1.54, 1.807) is 12.3 Å². The summed E-state index contributed by atoms with van der Waals surface area (Å²) < 4.78 is 7.66. The van der Waals surface area contributed by atoms with Crippen LogP contribution in [0.1, 0.15) is 12.7 Å². The molecule has 0 fully saturated rings. The van der Waals surface area contributed by atoms with Gasteiger partial charge in [-0.1, -0.05) is 36.0 Å². The lowest BCUT2D eigenvalue weighted by atomic mass is 10.3. The predicted molar refractivity (Wildman–Crippen MR) is 107 cm³/mol. The highest BCUT2D eigenvalue weighted by molar-refractivity contribution is 8.00. The molecule has 7 nitrogen and oxygen atoms in total. The Bertz CT molecular complexity index is 881. The molecule has 0 radical (unpaired) electrons. The third-order valence-corrected chi connectivity index (χ3v) is 5.30. The number of anilines is 1. The van der Waals surface area contributed by atoms with E-state index in [4.69, 9.17) is 4.74 Å². The van der Waals surface area contributed by atoms with Crippen LogP contribution in [0.5, 0.6) is 5.75 Å². The average Bonchev–Trinajstić information content (AvgIpc) is 3.32. The summed E-state index contributed by atoms with van der Waals surface area (Å²) >= 11 is 2.71. The molecule has 0 aliphatic rings. The van der Waals surface area contributed by atoms with E-state index in [9.17, 15) is 4.79 Å². The van der Waals surface area contributed by atoms with Crippen LogP contribution in [0.25, 0.3) is 0 Å². The van der Waals surface area contributed by atoms with Gasteiger partial charge in [-0.2, -0.15) is 0 Å². The highest BCUT2D eigenvalue weighted by Gasteiger charge is 2.20. The van der Waals surface area contributed by atoms with E-state index in [2.05, 4.69) is 27.1 Å². The summed E-state index contributed by atoms with van der Waals surface area (Å²) in [4.78, 5) is 16.4. The summed E-state index contributed by atoms with van der Waals surface area (Å²) in [5.41, 5.74) is 0. The second-order valence-corrected chi connectivity index (χ2v) is 7.69. The minimum Gasteiger partial charge on any atom is -0.486 e. The van der Waals surface area contributed by atoms with Crippen LogP contribution in [-0.2, 0) is 17.9 Å². The summed E-state index contributed by atoms with van der Waals surface area (Å²) in [6, 6.07) is 9.52. The van der Waals surface area contributed by atoms with E-state index in [1.165, 1.54) is 23.1 Å².